The fraction of sp³-hybridized carbons (Fsp3) is 0.316. The molecule has 0 aromatic heterocycles. The Morgan fingerprint density at radius 1 is 1.24 bits per heavy atom. The quantitative estimate of drug-likeness (QED) is 0.809. The van der Waals surface area contributed by atoms with Gasteiger partial charge in [0.05, 0.1) is 0 Å². The number of ether oxygens (including phenoxy) is 1. The van der Waals surface area contributed by atoms with Crippen molar-refractivity contribution >= 4 is 11.6 Å². The van der Waals surface area contributed by atoms with Crippen LogP contribution in [0.15, 0.2) is 42.5 Å². The van der Waals surface area contributed by atoms with Crippen molar-refractivity contribution in [2.45, 2.75) is 13.0 Å². The zero-order chi connectivity index (χ0) is 18.4. The van der Waals surface area contributed by atoms with Crippen molar-refractivity contribution < 1.29 is 19.0 Å². The number of anilines is 1. The van der Waals surface area contributed by atoms with Gasteiger partial charge in [-0.05, 0) is 63.0 Å². The van der Waals surface area contributed by atoms with E-state index in [1.807, 2.05) is 19.0 Å². The van der Waals surface area contributed by atoms with Gasteiger partial charge in [0.2, 0.25) is 0 Å². The average Bonchev–Trinajstić information content (AvgIpc) is 2.55. The van der Waals surface area contributed by atoms with E-state index in [0.29, 0.717) is 29.1 Å². The molecule has 6 heteroatoms. The Balaban J connectivity index is 1.93. The van der Waals surface area contributed by atoms with Gasteiger partial charge in [-0.1, -0.05) is 6.07 Å². The van der Waals surface area contributed by atoms with Gasteiger partial charge in [-0.15, -0.1) is 0 Å². The average molecular weight is 346 g/mol. The second kappa shape index (κ2) is 8.60. The summed E-state index contributed by atoms with van der Waals surface area (Å²) < 4.78 is 18.8. The Bertz CT molecular complexity index is 717. The molecule has 0 aliphatic carbocycles. The molecule has 0 aliphatic heterocycles. The van der Waals surface area contributed by atoms with E-state index in [9.17, 15) is 14.3 Å². The normalized spacial score (nSPS) is 12.1. The summed E-state index contributed by atoms with van der Waals surface area (Å²) in [7, 11) is 3.75. The van der Waals surface area contributed by atoms with E-state index < -0.39 is 11.9 Å². The largest absolute Gasteiger partial charge is 0.491 e. The van der Waals surface area contributed by atoms with E-state index in [1.165, 1.54) is 12.1 Å². The molecule has 0 saturated heterocycles. The fourth-order valence-electron chi connectivity index (χ4n) is 2.34. The van der Waals surface area contributed by atoms with E-state index in [4.69, 9.17) is 4.74 Å². The van der Waals surface area contributed by atoms with E-state index in [-0.39, 0.29) is 12.5 Å². The summed E-state index contributed by atoms with van der Waals surface area (Å²) in [6, 6.07) is 10.9. The Kier molecular flexibility index (Phi) is 6.50. The van der Waals surface area contributed by atoms with Gasteiger partial charge in [0.25, 0.3) is 5.91 Å². The molecule has 5 nitrogen and oxygen atoms in total. The predicted octanol–water partition coefficient (Wildman–Crippen LogP) is 2.69. The first kappa shape index (κ1) is 18.9. The van der Waals surface area contributed by atoms with Gasteiger partial charge in [0, 0.05) is 17.8 Å². The van der Waals surface area contributed by atoms with Crippen LogP contribution in [0.5, 0.6) is 5.75 Å². The molecular formula is C19H23FN2O3. The van der Waals surface area contributed by atoms with Gasteiger partial charge in [0.1, 0.15) is 24.3 Å². The highest BCUT2D eigenvalue weighted by Gasteiger charge is 2.11. The molecule has 0 spiro atoms. The van der Waals surface area contributed by atoms with Crippen molar-refractivity contribution in [3.63, 3.8) is 0 Å². The lowest BCUT2D eigenvalue weighted by Gasteiger charge is -2.16. The molecule has 2 aromatic rings. The predicted molar refractivity (Wildman–Crippen MR) is 95.6 cm³/mol. The molecule has 0 bridgehead atoms. The summed E-state index contributed by atoms with van der Waals surface area (Å²) in [5, 5.41) is 12.5. The second-order valence-corrected chi connectivity index (χ2v) is 6.16. The van der Waals surface area contributed by atoms with Crippen LogP contribution in [0, 0.1) is 12.7 Å². The molecule has 1 unspecified atom stereocenters. The van der Waals surface area contributed by atoms with Crippen molar-refractivity contribution in [3.05, 3.63) is 59.4 Å². The molecule has 134 valence electrons. The maximum absolute atomic E-state index is 13.3. The van der Waals surface area contributed by atoms with Crippen LogP contribution in [0.1, 0.15) is 15.9 Å². The number of aliphatic hydroxyl groups excluding tert-OH is 1. The molecule has 1 amide bonds. The minimum absolute atomic E-state index is 0.187. The first-order valence-corrected chi connectivity index (χ1v) is 7.98. The van der Waals surface area contributed by atoms with Crippen LogP contribution in [-0.4, -0.2) is 49.3 Å². The Morgan fingerprint density at radius 2 is 1.92 bits per heavy atom. The van der Waals surface area contributed by atoms with Crippen LogP contribution in [0.4, 0.5) is 10.1 Å². The number of amides is 1. The number of hydrogen-bond donors (Lipinski definition) is 2. The molecule has 0 aliphatic rings. The molecule has 2 aromatic carbocycles. The van der Waals surface area contributed by atoms with Gasteiger partial charge in [-0.2, -0.15) is 0 Å². The topological polar surface area (TPSA) is 61.8 Å². The molecule has 2 N–H and O–H groups in total. The van der Waals surface area contributed by atoms with Gasteiger partial charge in [-0.3, -0.25) is 4.79 Å². The molecule has 0 fully saturated rings. The number of hydrogen-bond acceptors (Lipinski definition) is 4. The number of aryl methyl sites for hydroxylation is 1. The van der Waals surface area contributed by atoms with Gasteiger partial charge in [-0.25, -0.2) is 4.39 Å². The van der Waals surface area contributed by atoms with Crippen LogP contribution >= 0.6 is 0 Å². The molecule has 0 radical (unpaired) electrons. The Labute approximate surface area is 147 Å². The summed E-state index contributed by atoms with van der Waals surface area (Å²) >= 11 is 0. The van der Waals surface area contributed by atoms with E-state index in [0.717, 1.165) is 0 Å². The smallest absolute Gasteiger partial charge is 0.256 e. The lowest BCUT2D eigenvalue weighted by atomic mass is 10.1. The Morgan fingerprint density at radius 3 is 2.56 bits per heavy atom. The SMILES string of the molecule is Cc1ccc(F)cc1C(=O)Nc1ccc(OCC(O)CN(C)C)cc1. The zero-order valence-corrected chi connectivity index (χ0v) is 14.6. The lowest BCUT2D eigenvalue weighted by Crippen LogP contribution is -2.30. The molecular weight excluding hydrogens is 323 g/mol. The number of rotatable bonds is 7. The van der Waals surface area contributed by atoms with Crippen molar-refractivity contribution in [1.82, 2.24) is 4.90 Å². The number of nitrogens with one attached hydrogen (secondary N) is 1. The molecule has 25 heavy (non-hydrogen) atoms. The van der Waals surface area contributed by atoms with Crippen LogP contribution in [0.25, 0.3) is 0 Å². The standard InChI is InChI=1S/C19H23FN2O3/c1-13-4-5-14(20)10-18(13)19(24)21-15-6-8-17(9-7-15)25-12-16(23)11-22(2)3/h4-10,16,23H,11-12H2,1-3H3,(H,21,24). The maximum atomic E-state index is 13.3. The number of carbonyl (C=O) groups is 1. The number of likely N-dealkylation sites (N-methyl/N-ethyl adjacent to an activating group) is 1. The summed E-state index contributed by atoms with van der Waals surface area (Å²) in [6.07, 6.45) is -0.578. The number of benzene rings is 2. The zero-order valence-electron chi connectivity index (χ0n) is 14.6. The van der Waals surface area contributed by atoms with Gasteiger partial charge < -0.3 is 20.1 Å². The van der Waals surface area contributed by atoms with Crippen LogP contribution in [0.2, 0.25) is 0 Å². The van der Waals surface area contributed by atoms with Gasteiger partial charge >= 0.3 is 0 Å². The van der Waals surface area contributed by atoms with Gasteiger partial charge in [0.15, 0.2) is 0 Å². The van der Waals surface area contributed by atoms with E-state index >= 15 is 0 Å². The number of nitrogens with zero attached hydrogens (tertiary/aromatic N) is 1. The third-order valence-electron chi connectivity index (χ3n) is 3.57. The summed E-state index contributed by atoms with van der Waals surface area (Å²) in [4.78, 5) is 14.1. The first-order valence-electron chi connectivity index (χ1n) is 7.98. The minimum Gasteiger partial charge on any atom is -0.491 e. The fourth-order valence-corrected chi connectivity index (χ4v) is 2.34. The second-order valence-electron chi connectivity index (χ2n) is 6.16. The minimum atomic E-state index is -0.578. The Hall–Kier alpha value is -2.44. The highest BCUT2D eigenvalue weighted by Crippen LogP contribution is 2.18. The highest BCUT2D eigenvalue weighted by molar-refractivity contribution is 6.05. The maximum Gasteiger partial charge on any atom is 0.256 e. The van der Waals surface area contributed by atoms with Crippen molar-refractivity contribution in [1.29, 1.82) is 0 Å². The molecule has 2 rings (SSSR count). The number of aliphatic hydroxyl groups is 1. The number of halogens is 1. The summed E-state index contributed by atoms with van der Waals surface area (Å²) in [5.74, 6) is -0.222. The molecule has 0 saturated carbocycles. The van der Waals surface area contributed by atoms with Crippen LogP contribution in [-0.2, 0) is 0 Å². The van der Waals surface area contributed by atoms with E-state index in [2.05, 4.69) is 5.32 Å². The number of carbonyl (C=O) groups excluding carboxylic acids is 1. The first-order chi connectivity index (χ1) is 11.8. The molecule has 1 atom stereocenters. The third kappa shape index (κ3) is 5.85. The van der Waals surface area contributed by atoms with Crippen LogP contribution in [0.3, 0.4) is 0 Å². The van der Waals surface area contributed by atoms with E-state index in [1.54, 1.807) is 37.3 Å². The highest BCUT2D eigenvalue weighted by atomic mass is 19.1. The summed E-state index contributed by atoms with van der Waals surface area (Å²) in [6.45, 7) is 2.46. The lowest BCUT2D eigenvalue weighted by molar-refractivity contribution is 0.0831. The van der Waals surface area contributed by atoms with Crippen molar-refractivity contribution in [2.75, 3.05) is 32.6 Å². The van der Waals surface area contributed by atoms with Crippen LogP contribution < -0.4 is 10.1 Å². The van der Waals surface area contributed by atoms with Crippen molar-refractivity contribution in [3.8, 4) is 5.75 Å². The molecule has 0 heterocycles. The monoisotopic (exact) mass is 346 g/mol. The third-order valence-corrected chi connectivity index (χ3v) is 3.57. The van der Waals surface area contributed by atoms with Crippen molar-refractivity contribution in [2.24, 2.45) is 0 Å². The summed E-state index contributed by atoms with van der Waals surface area (Å²) in [5.41, 5.74) is 1.58.